The molecule has 1 aromatic rings. The van der Waals surface area contributed by atoms with Crippen molar-refractivity contribution >= 4 is 23.2 Å². The number of carbonyl (C=O) groups is 2. The molecule has 0 atom stereocenters. The molecule has 2 amide bonds. The molecule has 0 heterocycles. The smallest absolute Gasteiger partial charge is 0.293 e. The second-order valence-corrected chi connectivity index (χ2v) is 4.67. The standard InChI is InChI=1S/C13H18N4O4/c1-9-4-5-10(11(6-9)17(20)21)15-13(19)8-16(3)7-12(18)14-2/h4-6H,7-8H2,1-3H3,(H,14,18)(H,15,19). The van der Waals surface area contributed by atoms with Crippen LogP contribution >= 0.6 is 0 Å². The molecule has 8 nitrogen and oxygen atoms in total. The molecule has 0 unspecified atom stereocenters. The predicted octanol–water partition coefficient (Wildman–Crippen LogP) is 0.520. The molecular weight excluding hydrogens is 276 g/mol. The molecule has 0 saturated heterocycles. The quantitative estimate of drug-likeness (QED) is 0.588. The molecule has 0 aliphatic heterocycles. The van der Waals surface area contributed by atoms with E-state index in [2.05, 4.69) is 10.6 Å². The number of nitro benzene ring substituents is 1. The topological polar surface area (TPSA) is 105 Å². The lowest BCUT2D eigenvalue weighted by Gasteiger charge is -2.15. The van der Waals surface area contributed by atoms with Crippen molar-refractivity contribution in [3.05, 3.63) is 33.9 Å². The van der Waals surface area contributed by atoms with Gasteiger partial charge >= 0.3 is 0 Å². The van der Waals surface area contributed by atoms with Crippen molar-refractivity contribution in [1.29, 1.82) is 0 Å². The maximum atomic E-state index is 11.8. The lowest BCUT2D eigenvalue weighted by atomic mass is 10.2. The molecule has 1 aromatic carbocycles. The molecule has 0 bridgehead atoms. The highest BCUT2D eigenvalue weighted by atomic mass is 16.6. The van der Waals surface area contributed by atoms with Crippen molar-refractivity contribution in [2.45, 2.75) is 6.92 Å². The van der Waals surface area contributed by atoms with Gasteiger partial charge in [0.1, 0.15) is 5.69 Å². The van der Waals surface area contributed by atoms with E-state index in [1.54, 1.807) is 20.0 Å². The SMILES string of the molecule is CNC(=O)CN(C)CC(=O)Nc1ccc(C)cc1[N+](=O)[O-]. The molecule has 0 aliphatic rings. The second kappa shape index (κ2) is 7.34. The summed E-state index contributed by atoms with van der Waals surface area (Å²) in [4.78, 5) is 34.9. The maximum Gasteiger partial charge on any atom is 0.293 e. The van der Waals surface area contributed by atoms with Crippen LogP contribution in [0.3, 0.4) is 0 Å². The van der Waals surface area contributed by atoms with Crippen LogP contribution in [0.2, 0.25) is 0 Å². The number of hydrogen-bond acceptors (Lipinski definition) is 5. The van der Waals surface area contributed by atoms with Crippen LogP contribution in [0.4, 0.5) is 11.4 Å². The number of nitro groups is 1. The van der Waals surface area contributed by atoms with Crippen LogP contribution in [0.5, 0.6) is 0 Å². The lowest BCUT2D eigenvalue weighted by molar-refractivity contribution is -0.384. The van der Waals surface area contributed by atoms with Gasteiger partial charge in [0.25, 0.3) is 5.69 Å². The van der Waals surface area contributed by atoms with E-state index in [0.717, 1.165) is 5.56 Å². The summed E-state index contributed by atoms with van der Waals surface area (Å²) in [6.45, 7) is 1.76. The Kier molecular flexibility index (Phi) is 5.79. The molecule has 2 N–H and O–H groups in total. The number of rotatable bonds is 6. The molecule has 0 aromatic heterocycles. The van der Waals surface area contributed by atoms with E-state index >= 15 is 0 Å². The molecule has 0 fully saturated rings. The molecule has 8 heteroatoms. The minimum atomic E-state index is -0.545. The van der Waals surface area contributed by atoms with Crippen molar-refractivity contribution in [3.63, 3.8) is 0 Å². The number of nitrogens with one attached hydrogen (secondary N) is 2. The van der Waals surface area contributed by atoms with Crippen LogP contribution in [0.25, 0.3) is 0 Å². The summed E-state index contributed by atoms with van der Waals surface area (Å²) in [6.07, 6.45) is 0. The van der Waals surface area contributed by atoms with Gasteiger partial charge in [0.2, 0.25) is 11.8 Å². The molecule has 0 saturated carbocycles. The van der Waals surface area contributed by atoms with Gasteiger partial charge in [-0.05, 0) is 25.6 Å². The Morgan fingerprint density at radius 3 is 2.48 bits per heavy atom. The number of nitrogens with zero attached hydrogens (tertiary/aromatic N) is 2. The minimum Gasteiger partial charge on any atom is -0.358 e. The van der Waals surface area contributed by atoms with Gasteiger partial charge in [0.05, 0.1) is 18.0 Å². The fraction of sp³-hybridized carbons (Fsp3) is 0.385. The molecule has 0 aliphatic carbocycles. The van der Waals surface area contributed by atoms with Gasteiger partial charge in [-0.1, -0.05) is 6.07 Å². The fourth-order valence-electron chi connectivity index (χ4n) is 1.71. The Bertz CT molecular complexity index is 559. The first kappa shape index (κ1) is 16.6. The lowest BCUT2D eigenvalue weighted by Crippen LogP contribution is -2.37. The zero-order valence-corrected chi connectivity index (χ0v) is 12.2. The van der Waals surface area contributed by atoms with Gasteiger partial charge in [0.15, 0.2) is 0 Å². The molecule has 0 spiro atoms. The third-order valence-electron chi connectivity index (χ3n) is 2.73. The third kappa shape index (κ3) is 5.19. The normalized spacial score (nSPS) is 10.3. The summed E-state index contributed by atoms with van der Waals surface area (Å²) in [7, 11) is 3.12. The number of aryl methyl sites for hydroxylation is 1. The van der Waals surface area contributed by atoms with Crippen LogP contribution < -0.4 is 10.6 Å². The highest BCUT2D eigenvalue weighted by molar-refractivity contribution is 5.94. The van der Waals surface area contributed by atoms with E-state index in [0.29, 0.717) is 0 Å². The van der Waals surface area contributed by atoms with E-state index in [4.69, 9.17) is 0 Å². The Morgan fingerprint density at radius 1 is 1.29 bits per heavy atom. The van der Waals surface area contributed by atoms with Crippen LogP contribution in [0, 0.1) is 17.0 Å². The van der Waals surface area contributed by atoms with E-state index in [1.165, 1.54) is 24.1 Å². The zero-order chi connectivity index (χ0) is 16.0. The van der Waals surface area contributed by atoms with E-state index in [9.17, 15) is 19.7 Å². The van der Waals surface area contributed by atoms with Crippen molar-refractivity contribution in [1.82, 2.24) is 10.2 Å². The molecule has 114 valence electrons. The summed E-state index contributed by atoms with van der Waals surface area (Å²) in [5, 5.41) is 15.9. The van der Waals surface area contributed by atoms with Crippen LogP contribution in [-0.2, 0) is 9.59 Å². The summed E-state index contributed by atoms with van der Waals surface area (Å²) in [6, 6.07) is 4.56. The molecule has 21 heavy (non-hydrogen) atoms. The first-order chi connectivity index (χ1) is 9.83. The van der Waals surface area contributed by atoms with E-state index in [1.807, 2.05) is 0 Å². The largest absolute Gasteiger partial charge is 0.358 e. The third-order valence-corrected chi connectivity index (χ3v) is 2.73. The summed E-state index contributed by atoms with van der Waals surface area (Å²) in [5.74, 6) is -0.639. The van der Waals surface area contributed by atoms with Gasteiger partial charge in [-0.2, -0.15) is 0 Å². The second-order valence-electron chi connectivity index (χ2n) is 4.67. The van der Waals surface area contributed by atoms with Gasteiger partial charge in [-0.15, -0.1) is 0 Å². The monoisotopic (exact) mass is 294 g/mol. The van der Waals surface area contributed by atoms with Crippen molar-refractivity contribution in [2.75, 3.05) is 32.5 Å². The first-order valence-corrected chi connectivity index (χ1v) is 6.27. The Morgan fingerprint density at radius 2 is 1.90 bits per heavy atom. The van der Waals surface area contributed by atoms with Crippen LogP contribution in [0.15, 0.2) is 18.2 Å². The number of anilines is 1. The molecule has 1 rings (SSSR count). The predicted molar refractivity (Wildman–Crippen MR) is 78.0 cm³/mol. The van der Waals surface area contributed by atoms with Crippen LogP contribution in [-0.4, -0.2) is 48.8 Å². The van der Waals surface area contributed by atoms with Gasteiger partial charge in [-0.25, -0.2) is 0 Å². The summed E-state index contributed by atoms with van der Waals surface area (Å²) < 4.78 is 0. The number of likely N-dealkylation sites (N-methyl/N-ethyl adjacent to an activating group) is 2. The minimum absolute atomic E-state index is 0.0432. The fourth-order valence-corrected chi connectivity index (χ4v) is 1.71. The first-order valence-electron chi connectivity index (χ1n) is 6.27. The van der Waals surface area contributed by atoms with Crippen molar-refractivity contribution in [2.24, 2.45) is 0 Å². The average molecular weight is 294 g/mol. The van der Waals surface area contributed by atoms with E-state index in [-0.39, 0.29) is 30.4 Å². The highest BCUT2D eigenvalue weighted by Gasteiger charge is 2.17. The maximum absolute atomic E-state index is 11.8. The van der Waals surface area contributed by atoms with Gasteiger partial charge in [0, 0.05) is 13.1 Å². The number of benzene rings is 1. The van der Waals surface area contributed by atoms with Crippen molar-refractivity contribution < 1.29 is 14.5 Å². The number of amides is 2. The summed E-state index contributed by atoms with van der Waals surface area (Å²) in [5.41, 5.74) is 0.720. The zero-order valence-electron chi connectivity index (χ0n) is 12.2. The number of hydrogen-bond donors (Lipinski definition) is 2. The van der Waals surface area contributed by atoms with Gasteiger partial charge in [-0.3, -0.25) is 24.6 Å². The Balaban J connectivity index is 2.71. The van der Waals surface area contributed by atoms with E-state index < -0.39 is 10.8 Å². The van der Waals surface area contributed by atoms with Crippen LogP contribution in [0.1, 0.15) is 5.56 Å². The Hall–Kier alpha value is -2.48. The average Bonchev–Trinajstić information content (AvgIpc) is 2.40. The van der Waals surface area contributed by atoms with Crippen molar-refractivity contribution in [3.8, 4) is 0 Å². The number of carbonyl (C=O) groups excluding carboxylic acids is 2. The highest BCUT2D eigenvalue weighted by Crippen LogP contribution is 2.25. The molecule has 0 radical (unpaired) electrons. The summed E-state index contributed by atoms with van der Waals surface area (Å²) >= 11 is 0. The molecular formula is C13H18N4O4. The Labute approximate surface area is 122 Å². The van der Waals surface area contributed by atoms with Gasteiger partial charge < -0.3 is 10.6 Å².